The van der Waals surface area contributed by atoms with Crippen LogP contribution in [0.15, 0.2) is 48.5 Å². The van der Waals surface area contributed by atoms with Crippen molar-refractivity contribution in [2.75, 3.05) is 26.2 Å². The number of nitrogens with zero attached hydrogens (tertiary/aromatic N) is 1. The molecule has 34 heavy (non-hydrogen) atoms. The van der Waals surface area contributed by atoms with Gasteiger partial charge < -0.3 is 20.1 Å². The number of ether oxygens (including phenoxy) is 1. The van der Waals surface area contributed by atoms with Gasteiger partial charge in [0.2, 0.25) is 5.91 Å². The summed E-state index contributed by atoms with van der Waals surface area (Å²) in [4.78, 5) is 38.4. The lowest BCUT2D eigenvalue weighted by molar-refractivity contribution is -0.144. The molecule has 2 amide bonds. The molecule has 182 valence electrons. The maximum Gasteiger partial charge on any atom is 0.407 e. The zero-order valence-electron chi connectivity index (χ0n) is 20.3. The predicted octanol–water partition coefficient (Wildman–Crippen LogP) is 4.37. The minimum atomic E-state index is -0.941. The summed E-state index contributed by atoms with van der Waals surface area (Å²) in [6, 6.07) is 16.3. The molecule has 0 bridgehead atoms. The van der Waals surface area contributed by atoms with Crippen LogP contribution in [0.25, 0.3) is 11.1 Å². The number of alkyl carbamates (subject to hydrolysis) is 1. The Morgan fingerprint density at radius 1 is 1.00 bits per heavy atom. The number of amides is 2. The van der Waals surface area contributed by atoms with Crippen molar-refractivity contribution in [3.8, 4) is 11.1 Å². The molecule has 0 saturated carbocycles. The molecule has 0 saturated heterocycles. The van der Waals surface area contributed by atoms with Crippen molar-refractivity contribution in [1.29, 1.82) is 0 Å². The number of aliphatic carboxylic acids is 1. The second-order valence-corrected chi connectivity index (χ2v) is 9.17. The predicted molar refractivity (Wildman–Crippen MR) is 130 cm³/mol. The van der Waals surface area contributed by atoms with Gasteiger partial charge in [0.25, 0.3) is 0 Å². The Labute approximate surface area is 201 Å². The van der Waals surface area contributed by atoms with Crippen LogP contribution in [0.2, 0.25) is 0 Å². The smallest absolute Gasteiger partial charge is 0.407 e. The fraction of sp³-hybridized carbons (Fsp3) is 0.444. The van der Waals surface area contributed by atoms with Crippen molar-refractivity contribution in [1.82, 2.24) is 10.2 Å². The standard InChI is InChI=1S/C27H34N2O5/c1-5-29(15-18(4)26(31)32)25(30)23(17(2)3)14-28-27(33)34-16-24-21-12-8-6-10-19(21)20-11-7-9-13-22(20)24/h6-13,17-18,23-24H,5,14-16H2,1-4H3,(H,28,33)(H,31,32). The molecule has 1 aliphatic rings. The van der Waals surface area contributed by atoms with Crippen LogP contribution in [0, 0.1) is 17.8 Å². The molecule has 0 radical (unpaired) electrons. The third-order valence-electron chi connectivity index (χ3n) is 6.54. The van der Waals surface area contributed by atoms with E-state index in [9.17, 15) is 19.5 Å². The summed E-state index contributed by atoms with van der Waals surface area (Å²) in [5, 5.41) is 11.9. The number of fused-ring (bicyclic) bond motifs is 3. The first-order valence-corrected chi connectivity index (χ1v) is 11.8. The van der Waals surface area contributed by atoms with Gasteiger partial charge in [-0.25, -0.2) is 4.79 Å². The molecule has 3 rings (SSSR count). The molecule has 7 nitrogen and oxygen atoms in total. The van der Waals surface area contributed by atoms with E-state index in [1.54, 1.807) is 11.8 Å². The number of carboxylic acid groups (broad SMARTS) is 1. The van der Waals surface area contributed by atoms with Crippen LogP contribution in [-0.2, 0) is 14.3 Å². The van der Waals surface area contributed by atoms with E-state index in [-0.39, 0.29) is 37.4 Å². The van der Waals surface area contributed by atoms with E-state index in [1.165, 1.54) is 0 Å². The lowest BCUT2D eigenvalue weighted by atomic mass is 9.93. The third-order valence-corrected chi connectivity index (χ3v) is 6.54. The van der Waals surface area contributed by atoms with Crippen LogP contribution in [0.5, 0.6) is 0 Å². The van der Waals surface area contributed by atoms with E-state index in [1.807, 2.05) is 45.0 Å². The molecule has 0 heterocycles. The van der Waals surface area contributed by atoms with Crippen LogP contribution in [0.4, 0.5) is 4.79 Å². The number of carbonyl (C=O) groups excluding carboxylic acids is 2. The molecule has 0 aliphatic heterocycles. The van der Waals surface area contributed by atoms with Crippen molar-refractivity contribution < 1.29 is 24.2 Å². The van der Waals surface area contributed by atoms with Gasteiger partial charge in [0.1, 0.15) is 6.61 Å². The highest BCUT2D eigenvalue weighted by Crippen LogP contribution is 2.44. The van der Waals surface area contributed by atoms with Crippen LogP contribution < -0.4 is 5.32 Å². The normalized spacial score (nSPS) is 14.1. The quantitative estimate of drug-likeness (QED) is 0.542. The maximum absolute atomic E-state index is 13.1. The van der Waals surface area contributed by atoms with E-state index < -0.39 is 23.9 Å². The average molecular weight is 467 g/mol. The molecular formula is C27H34N2O5. The van der Waals surface area contributed by atoms with E-state index >= 15 is 0 Å². The number of hydrogen-bond acceptors (Lipinski definition) is 4. The number of rotatable bonds is 10. The average Bonchev–Trinajstić information content (AvgIpc) is 3.14. The Kier molecular flexibility index (Phi) is 8.31. The zero-order chi connectivity index (χ0) is 24.8. The summed E-state index contributed by atoms with van der Waals surface area (Å²) >= 11 is 0. The number of benzene rings is 2. The number of nitrogens with one attached hydrogen (secondary N) is 1. The summed E-state index contributed by atoms with van der Waals surface area (Å²) in [6.45, 7) is 8.11. The fourth-order valence-electron chi connectivity index (χ4n) is 4.47. The largest absolute Gasteiger partial charge is 0.481 e. The Balaban J connectivity index is 1.60. The summed E-state index contributed by atoms with van der Waals surface area (Å²) in [5.74, 6) is -2.30. The van der Waals surface area contributed by atoms with Gasteiger partial charge in [0.15, 0.2) is 0 Å². The van der Waals surface area contributed by atoms with Gasteiger partial charge in [-0.3, -0.25) is 9.59 Å². The van der Waals surface area contributed by atoms with Gasteiger partial charge in [0, 0.05) is 25.6 Å². The SMILES string of the molecule is CCN(CC(C)C(=O)O)C(=O)C(CNC(=O)OCC1c2ccccc2-c2ccccc21)C(C)C. The molecule has 1 aliphatic carbocycles. The first-order valence-electron chi connectivity index (χ1n) is 11.8. The van der Waals surface area contributed by atoms with Crippen molar-refractivity contribution >= 4 is 18.0 Å². The van der Waals surface area contributed by atoms with E-state index in [2.05, 4.69) is 29.6 Å². The minimum Gasteiger partial charge on any atom is -0.481 e. The van der Waals surface area contributed by atoms with Crippen LogP contribution in [0.3, 0.4) is 0 Å². The van der Waals surface area contributed by atoms with Gasteiger partial charge in [-0.2, -0.15) is 0 Å². The molecule has 2 unspecified atom stereocenters. The Morgan fingerprint density at radius 3 is 2.06 bits per heavy atom. The molecule has 2 atom stereocenters. The van der Waals surface area contributed by atoms with Crippen molar-refractivity contribution in [3.63, 3.8) is 0 Å². The molecule has 2 aromatic carbocycles. The lowest BCUT2D eigenvalue weighted by Crippen LogP contribution is -2.45. The minimum absolute atomic E-state index is 0.0319. The monoisotopic (exact) mass is 466 g/mol. The third kappa shape index (κ3) is 5.58. The number of hydrogen-bond donors (Lipinski definition) is 2. The molecule has 0 spiro atoms. The lowest BCUT2D eigenvalue weighted by Gasteiger charge is -2.29. The zero-order valence-corrected chi connectivity index (χ0v) is 20.3. The van der Waals surface area contributed by atoms with Crippen LogP contribution >= 0.6 is 0 Å². The molecule has 2 N–H and O–H groups in total. The van der Waals surface area contributed by atoms with E-state index in [0.717, 1.165) is 22.3 Å². The van der Waals surface area contributed by atoms with Crippen molar-refractivity contribution in [2.45, 2.75) is 33.6 Å². The maximum atomic E-state index is 13.1. The molecule has 0 fully saturated rings. The summed E-state index contributed by atoms with van der Waals surface area (Å²) < 4.78 is 5.58. The number of carboxylic acids is 1. The van der Waals surface area contributed by atoms with Gasteiger partial charge >= 0.3 is 12.1 Å². The van der Waals surface area contributed by atoms with E-state index in [0.29, 0.717) is 6.54 Å². The fourth-order valence-corrected chi connectivity index (χ4v) is 4.47. The summed E-state index contributed by atoms with van der Waals surface area (Å²) in [5.41, 5.74) is 4.59. The van der Waals surface area contributed by atoms with Gasteiger partial charge in [-0.1, -0.05) is 69.3 Å². The van der Waals surface area contributed by atoms with Gasteiger partial charge in [-0.15, -0.1) is 0 Å². The highest BCUT2D eigenvalue weighted by molar-refractivity contribution is 5.81. The molecule has 2 aromatic rings. The second-order valence-electron chi connectivity index (χ2n) is 9.17. The Morgan fingerprint density at radius 2 is 1.56 bits per heavy atom. The van der Waals surface area contributed by atoms with Crippen LogP contribution in [-0.4, -0.2) is 54.2 Å². The highest BCUT2D eigenvalue weighted by atomic mass is 16.5. The van der Waals surface area contributed by atoms with E-state index in [4.69, 9.17) is 4.74 Å². The van der Waals surface area contributed by atoms with Crippen molar-refractivity contribution in [3.05, 3.63) is 59.7 Å². The summed E-state index contributed by atoms with van der Waals surface area (Å²) in [7, 11) is 0. The molecular weight excluding hydrogens is 432 g/mol. The Hall–Kier alpha value is -3.35. The van der Waals surface area contributed by atoms with Crippen LogP contribution in [0.1, 0.15) is 44.7 Å². The van der Waals surface area contributed by atoms with Gasteiger partial charge in [0.05, 0.1) is 11.8 Å². The topological polar surface area (TPSA) is 95.9 Å². The first-order chi connectivity index (χ1) is 16.2. The Bertz CT molecular complexity index is 990. The molecule has 0 aromatic heterocycles. The van der Waals surface area contributed by atoms with Crippen molar-refractivity contribution in [2.24, 2.45) is 17.8 Å². The van der Waals surface area contributed by atoms with Gasteiger partial charge in [-0.05, 0) is 35.1 Å². The first kappa shape index (κ1) is 25.3. The highest BCUT2D eigenvalue weighted by Gasteiger charge is 2.31. The summed E-state index contributed by atoms with van der Waals surface area (Å²) in [6.07, 6.45) is -0.567. The number of carbonyl (C=O) groups is 3. The molecule has 7 heteroatoms. The second kappa shape index (κ2) is 11.2.